The van der Waals surface area contributed by atoms with E-state index in [0.29, 0.717) is 13.2 Å². The molecule has 0 spiro atoms. The van der Waals surface area contributed by atoms with Gasteiger partial charge in [-0.2, -0.15) is 0 Å². The summed E-state index contributed by atoms with van der Waals surface area (Å²) in [6.07, 6.45) is 2.14. The van der Waals surface area contributed by atoms with E-state index >= 15 is 0 Å². The molecule has 0 bridgehead atoms. The van der Waals surface area contributed by atoms with Crippen molar-refractivity contribution >= 4 is 5.91 Å². The van der Waals surface area contributed by atoms with Crippen LogP contribution in [0, 0.1) is 0 Å². The highest BCUT2D eigenvalue weighted by Crippen LogP contribution is 1.99. The van der Waals surface area contributed by atoms with Crippen LogP contribution in [0.3, 0.4) is 0 Å². The molecule has 0 aliphatic heterocycles. The minimum absolute atomic E-state index is 0.101. The van der Waals surface area contributed by atoms with Crippen molar-refractivity contribution in [2.75, 3.05) is 40.0 Å². The molecule has 18 heavy (non-hydrogen) atoms. The Bertz CT molecular complexity index is 215. The summed E-state index contributed by atoms with van der Waals surface area (Å²) in [5, 5.41) is 6.13. The third kappa shape index (κ3) is 13.4. The Labute approximate surface area is 111 Å². The number of carbonyl (C=O) groups is 1. The maximum atomic E-state index is 11.0. The first kappa shape index (κ1) is 17.4. The van der Waals surface area contributed by atoms with E-state index in [9.17, 15) is 4.79 Å². The summed E-state index contributed by atoms with van der Waals surface area (Å²) in [6.45, 7) is 9.44. The van der Waals surface area contributed by atoms with Crippen LogP contribution in [-0.4, -0.2) is 51.5 Å². The average Bonchev–Trinajstić information content (AvgIpc) is 2.25. The Morgan fingerprint density at radius 3 is 2.44 bits per heavy atom. The lowest BCUT2D eigenvalue weighted by Gasteiger charge is -2.20. The monoisotopic (exact) mass is 260 g/mol. The van der Waals surface area contributed by atoms with Crippen LogP contribution in [0.1, 0.15) is 33.6 Å². The Balaban J connectivity index is 3.15. The van der Waals surface area contributed by atoms with E-state index in [-0.39, 0.29) is 18.1 Å². The smallest absolute Gasteiger partial charge is 0.246 e. The van der Waals surface area contributed by atoms with Crippen molar-refractivity contribution < 1.29 is 14.3 Å². The fourth-order valence-corrected chi connectivity index (χ4v) is 1.34. The quantitative estimate of drug-likeness (QED) is 0.574. The molecule has 0 rings (SSSR count). The summed E-state index contributed by atoms with van der Waals surface area (Å²) in [6, 6.07) is 0. The normalized spacial score (nSPS) is 11.6. The number of methoxy groups -OCH3 is 1. The molecule has 1 amide bonds. The van der Waals surface area contributed by atoms with Crippen LogP contribution in [0.25, 0.3) is 0 Å². The summed E-state index contributed by atoms with van der Waals surface area (Å²) in [5.41, 5.74) is 0.187. The van der Waals surface area contributed by atoms with E-state index in [0.717, 1.165) is 26.0 Å². The van der Waals surface area contributed by atoms with Crippen LogP contribution in [0.15, 0.2) is 0 Å². The van der Waals surface area contributed by atoms with Gasteiger partial charge in [-0.3, -0.25) is 4.79 Å². The Morgan fingerprint density at radius 1 is 1.11 bits per heavy atom. The van der Waals surface area contributed by atoms with Crippen LogP contribution in [0.4, 0.5) is 0 Å². The molecular weight excluding hydrogens is 232 g/mol. The Kier molecular flexibility index (Phi) is 9.92. The number of rotatable bonds is 10. The van der Waals surface area contributed by atoms with Crippen LogP contribution < -0.4 is 10.6 Å². The predicted molar refractivity (Wildman–Crippen MR) is 72.7 cm³/mol. The first-order chi connectivity index (χ1) is 8.45. The fourth-order valence-electron chi connectivity index (χ4n) is 1.34. The van der Waals surface area contributed by atoms with Crippen LogP contribution >= 0.6 is 0 Å². The molecule has 0 unspecified atom stereocenters. The van der Waals surface area contributed by atoms with Crippen molar-refractivity contribution in [2.24, 2.45) is 0 Å². The second-order valence-corrected chi connectivity index (χ2v) is 5.28. The van der Waals surface area contributed by atoms with E-state index in [2.05, 4.69) is 31.4 Å². The second kappa shape index (κ2) is 10.3. The molecular formula is C13H28N2O3. The summed E-state index contributed by atoms with van der Waals surface area (Å²) in [5.74, 6) is -0.101. The summed E-state index contributed by atoms with van der Waals surface area (Å²) >= 11 is 0. The lowest BCUT2D eigenvalue weighted by molar-refractivity contribution is -0.124. The van der Waals surface area contributed by atoms with Gasteiger partial charge in [0.15, 0.2) is 0 Å². The molecule has 0 aromatic heterocycles. The zero-order chi connectivity index (χ0) is 13.9. The van der Waals surface area contributed by atoms with Crippen molar-refractivity contribution in [3.63, 3.8) is 0 Å². The first-order valence-corrected chi connectivity index (χ1v) is 6.54. The molecule has 108 valence electrons. The highest BCUT2D eigenvalue weighted by Gasteiger charge is 2.06. The molecule has 0 heterocycles. The molecule has 0 aliphatic rings. The maximum Gasteiger partial charge on any atom is 0.246 e. The molecule has 0 fully saturated rings. The molecule has 0 atom stereocenters. The van der Waals surface area contributed by atoms with E-state index in [4.69, 9.17) is 9.47 Å². The van der Waals surface area contributed by atoms with Crippen LogP contribution in [-0.2, 0) is 14.3 Å². The number of nitrogens with one attached hydrogen (secondary N) is 2. The molecule has 5 heteroatoms. The van der Waals surface area contributed by atoms with Gasteiger partial charge in [0.1, 0.15) is 6.61 Å². The number of unbranched alkanes of at least 4 members (excludes halogenated alkanes) is 1. The number of hydrogen-bond acceptors (Lipinski definition) is 4. The largest absolute Gasteiger partial charge is 0.380 e. The minimum Gasteiger partial charge on any atom is -0.380 e. The third-order valence-corrected chi connectivity index (χ3v) is 2.21. The van der Waals surface area contributed by atoms with Crippen molar-refractivity contribution in [3.05, 3.63) is 0 Å². The van der Waals surface area contributed by atoms with Gasteiger partial charge >= 0.3 is 0 Å². The van der Waals surface area contributed by atoms with E-state index in [1.54, 1.807) is 0 Å². The standard InChI is InChI=1S/C13H28N2O3/c1-13(2,3)15-7-5-6-9-18-10-8-14-12(16)11-17-4/h15H,5-11H2,1-4H3,(H,14,16). The second-order valence-electron chi connectivity index (χ2n) is 5.28. The Hall–Kier alpha value is -0.650. The topological polar surface area (TPSA) is 59.6 Å². The predicted octanol–water partition coefficient (Wildman–Crippen LogP) is 0.934. The summed E-state index contributed by atoms with van der Waals surface area (Å²) in [7, 11) is 1.50. The van der Waals surface area contributed by atoms with Gasteiger partial charge in [0.05, 0.1) is 6.61 Å². The van der Waals surface area contributed by atoms with Crippen molar-refractivity contribution in [1.29, 1.82) is 0 Å². The highest BCUT2D eigenvalue weighted by atomic mass is 16.5. The zero-order valence-electron chi connectivity index (χ0n) is 12.2. The van der Waals surface area contributed by atoms with Gasteiger partial charge in [0.25, 0.3) is 0 Å². The first-order valence-electron chi connectivity index (χ1n) is 6.54. The molecule has 2 N–H and O–H groups in total. The van der Waals surface area contributed by atoms with Crippen molar-refractivity contribution in [3.8, 4) is 0 Å². The van der Waals surface area contributed by atoms with Gasteiger partial charge in [-0.05, 0) is 40.2 Å². The SMILES string of the molecule is COCC(=O)NCCOCCCCNC(C)(C)C. The van der Waals surface area contributed by atoms with Gasteiger partial charge in [0, 0.05) is 25.8 Å². The molecule has 0 saturated carbocycles. The van der Waals surface area contributed by atoms with Crippen molar-refractivity contribution in [2.45, 2.75) is 39.2 Å². The van der Waals surface area contributed by atoms with Gasteiger partial charge in [-0.15, -0.1) is 0 Å². The van der Waals surface area contributed by atoms with Gasteiger partial charge in [0.2, 0.25) is 5.91 Å². The summed E-state index contributed by atoms with van der Waals surface area (Å²) in [4.78, 5) is 11.0. The van der Waals surface area contributed by atoms with Crippen LogP contribution in [0.2, 0.25) is 0 Å². The van der Waals surface area contributed by atoms with E-state index in [1.165, 1.54) is 7.11 Å². The number of ether oxygens (including phenoxy) is 2. The van der Waals surface area contributed by atoms with E-state index < -0.39 is 0 Å². The van der Waals surface area contributed by atoms with Gasteiger partial charge < -0.3 is 20.1 Å². The molecule has 0 radical (unpaired) electrons. The molecule has 0 aromatic rings. The fraction of sp³-hybridized carbons (Fsp3) is 0.923. The Morgan fingerprint density at radius 2 is 1.83 bits per heavy atom. The van der Waals surface area contributed by atoms with Gasteiger partial charge in [-0.1, -0.05) is 0 Å². The number of amides is 1. The molecule has 5 nitrogen and oxygen atoms in total. The maximum absolute atomic E-state index is 11.0. The molecule has 0 aromatic carbocycles. The molecule has 0 saturated heterocycles. The number of carbonyl (C=O) groups excluding carboxylic acids is 1. The molecule has 0 aliphatic carbocycles. The highest BCUT2D eigenvalue weighted by molar-refractivity contribution is 5.77. The van der Waals surface area contributed by atoms with Crippen LogP contribution in [0.5, 0.6) is 0 Å². The average molecular weight is 260 g/mol. The van der Waals surface area contributed by atoms with Gasteiger partial charge in [-0.25, -0.2) is 0 Å². The third-order valence-electron chi connectivity index (χ3n) is 2.21. The van der Waals surface area contributed by atoms with E-state index in [1.807, 2.05) is 0 Å². The lowest BCUT2D eigenvalue weighted by Crippen LogP contribution is -2.36. The number of hydrogen-bond donors (Lipinski definition) is 2. The lowest BCUT2D eigenvalue weighted by atomic mass is 10.1. The van der Waals surface area contributed by atoms with Crippen molar-refractivity contribution in [1.82, 2.24) is 10.6 Å². The zero-order valence-corrected chi connectivity index (χ0v) is 12.2. The summed E-state index contributed by atoms with van der Waals surface area (Å²) < 4.78 is 10.1. The minimum atomic E-state index is -0.101.